The number of hydrogen-bond acceptors (Lipinski definition) is 3. The molecular formula is C12H14O3. The quantitative estimate of drug-likeness (QED) is 0.706. The predicted molar refractivity (Wildman–Crippen MR) is 56.0 cm³/mol. The first-order valence-electron chi connectivity index (χ1n) is 5.20. The molecule has 0 atom stereocenters. The Kier molecular flexibility index (Phi) is 2.90. The van der Waals surface area contributed by atoms with E-state index in [0.717, 1.165) is 24.3 Å². The zero-order valence-corrected chi connectivity index (χ0v) is 8.79. The van der Waals surface area contributed by atoms with Crippen molar-refractivity contribution in [3.8, 4) is 5.75 Å². The predicted octanol–water partition coefficient (Wildman–Crippen LogP) is 1.73. The lowest BCUT2D eigenvalue weighted by atomic mass is 10.1. The second-order valence-electron chi connectivity index (χ2n) is 3.49. The average molecular weight is 206 g/mol. The van der Waals surface area contributed by atoms with Gasteiger partial charge in [0.2, 0.25) is 0 Å². The molecule has 1 aliphatic rings. The lowest BCUT2D eigenvalue weighted by Gasteiger charge is -2.07. The molecule has 0 bridgehead atoms. The first-order chi connectivity index (χ1) is 7.31. The van der Waals surface area contributed by atoms with Crippen molar-refractivity contribution in [2.24, 2.45) is 0 Å². The molecule has 15 heavy (non-hydrogen) atoms. The molecule has 1 heterocycles. The number of rotatable bonds is 3. The first kappa shape index (κ1) is 10.0. The van der Waals surface area contributed by atoms with Crippen LogP contribution < -0.4 is 4.74 Å². The summed E-state index contributed by atoms with van der Waals surface area (Å²) in [4.78, 5) is 11.3. The summed E-state index contributed by atoms with van der Waals surface area (Å²) in [6, 6.07) is 5.92. The van der Waals surface area contributed by atoms with Crippen LogP contribution in [0.5, 0.6) is 5.75 Å². The van der Waals surface area contributed by atoms with Crippen molar-refractivity contribution in [3.05, 3.63) is 29.3 Å². The summed E-state index contributed by atoms with van der Waals surface area (Å²) >= 11 is 0. The number of para-hydroxylation sites is 1. The Bertz CT molecular complexity index is 371. The van der Waals surface area contributed by atoms with Crippen LogP contribution in [0.2, 0.25) is 0 Å². The summed E-state index contributed by atoms with van der Waals surface area (Å²) in [5.41, 5.74) is 2.13. The van der Waals surface area contributed by atoms with Gasteiger partial charge in [0.15, 0.2) is 0 Å². The molecular weight excluding hydrogens is 192 g/mol. The molecule has 1 aliphatic heterocycles. The van der Waals surface area contributed by atoms with E-state index in [1.54, 1.807) is 0 Å². The van der Waals surface area contributed by atoms with Crippen molar-refractivity contribution in [2.75, 3.05) is 13.2 Å². The van der Waals surface area contributed by atoms with Crippen LogP contribution in [0.1, 0.15) is 18.1 Å². The lowest BCUT2D eigenvalue weighted by Crippen LogP contribution is -2.08. The Balaban J connectivity index is 2.15. The minimum absolute atomic E-state index is 0.193. The fourth-order valence-corrected chi connectivity index (χ4v) is 1.79. The van der Waals surface area contributed by atoms with Gasteiger partial charge < -0.3 is 9.47 Å². The largest absolute Gasteiger partial charge is 0.493 e. The third-order valence-electron chi connectivity index (χ3n) is 2.44. The first-order valence-corrected chi connectivity index (χ1v) is 5.20. The Labute approximate surface area is 89.0 Å². The molecule has 0 spiro atoms. The highest BCUT2D eigenvalue weighted by molar-refractivity contribution is 5.74. The van der Waals surface area contributed by atoms with Gasteiger partial charge in [-0.05, 0) is 12.5 Å². The molecule has 3 heteroatoms. The zero-order chi connectivity index (χ0) is 10.7. The Morgan fingerprint density at radius 3 is 3.20 bits per heavy atom. The van der Waals surface area contributed by atoms with E-state index in [9.17, 15) is 4.79 Å². The highest BCUT2D eigenvalue weighted by Crippen LogP contribution is 2.29. The SMILES string of the molecule is CCOC(=O)Cc1cccc2c1OCC2. The summed E-state index contributed by atoms with van der Waals surface area (Å²) in [6.07, 6.45) is 1.24. The number of esters is 1. The van der Waals surface area contributed by atoms with Gasteiger partial charge >= 0.3 is 5.97 Å². The molecule has 2 rings (SSSR count). The number of benzene rings is 1. The molecule has 0 unspecified atom stereocenters. The fourth-order valence-electron chi connectivity index (χ4n) is 1.79. The zero-order valence-electron chi connectivity index (χ0n) is 8.79. The van der Waals surface area contributed by atoms with Crippen LogP contribution in [-0.2, 0) is 22.4 Å². The van der Waals surface area contributed by atoms with Crippen LogP contribution in [0, 0.1) is 0 Å². The topological polar surface area (TPSA) is 35.5 Å². The van der Waals surface area contributed by atoms with E-state index < -0.39 is 0 Å². The number of fused-ring (bicyclic) bond motifs is 1. The number of ether oxygens (including phenoxy) is 2. The van der Waals surface area contributed by atoms with Crippen LogP contribution in [0.25, 0.3) is 0 Å². The van der Waals surface area contributed by atoms with Crippen molar-refractivity contribution < 1.29 is 14.3 Å². The normalized spacial score (nSPS) is 13.1. The monoisotopic (exact) mass is 206 g/mol. The molecule has 0 saturated carbocycles. The second kappa shape index (κ2) is 4.34. The number of carbonyl (C=O) groups excluding carboxylic acids is 1. The van der Waals surface area contributed by atoms with Gasteiger partial charge in [0, 0.05) is 12.0 Å². The van der Waals surface area contributed by atoms with Crippen LogP contribution in [0.15, 0.2) is 18.2 Å². The lowest BCUT2D eigenvalue weighted by molar-refractivity contribution is -0.142. The molecule has 0 aromatic heterocycles. The molecule has 0 N–H and O–H groups in total. The van der Waals surface area contributed by atoms with Crippen LogP contribution >= 0.6 is 0 Å². The molecule has 0 fully saturated rings. The number of carbonyl (C=O) groups is 1. The molecule has 3 nitrogen and oxygen atoms in total. The van der Waals surface area contributed by atoms with Crippen LogP contribution in [-0.4, -0.2) is 19.2 Å². The highest BCUT2D eigenvalue weighted by Gasteiger charge is 2.17. The molecule has 1 aromatic carbocycles. The maximum Gasteiger partial charge on any atom is 0.310 e. The van der Waals surface area contributed by atoms with E-state index in [2.05, 4.69) is 0 Å². The molecule has 1 aromatic rings. The molecule has 0 aliphatic carbocycles. The maximum absolute atomic E-state index is 11.3. The van der Waals surface area contributed by atoms with E-state index in [-0.39, 0.29) is 5.97 Å². The van der Waals surface area contributed by atoms with Crippen LogP contribution in [0.4, 0.5) is 0 Å². The van der Waals surface area contributed by atoms with Gasteiger partial charge in [0.05, 0.1) is 19.6 Å². The Morgan fingerprint density at radius 2 is 2.40 bits per heavy atom. The van der Waals surface area contributed by atoms with E-state index in [0.29, 0.717) is 13.0 Å². The smallest absolute Gasteiger partial charge is 0.310 e. The highest BCUT2D eigenvalue weighted by atomic mass is 16.5. The van der Waals surface area contributed by atoms with Gasteiger partial charge in [-0.3, -0.25) is 4.79 Å². The minimum atomic E-state index is -0.193. The van der Waals surface area contributed by atoms with Crippen molar-refractivity contribution >= 4 is 5.97 Å². The summed E-state index contributed by atoms with van der Waals surface area (Å²) in [7, 11) is 0. The van der Waals surface area contributed by atoms with E-state index in [1.807, 2.05) is 25.1 Å². The summed E-state index contributed by atoms with van der Waals surface area (Å²) < 4.78 is 10.4. The molecule has 80 valence electrons. The molecule has 0 amide bonds. The van der Waals surface area contributed by atoms with Gasteiger partial charge in [-0.15, -0.1) is 0 Å². The molecule has 0 saturated heterocycles. The van der Waals surface area contributed by atoms with Gasteiger partial charge in [-0.25, -0.2) is 0 Å². The van der Waals surface area contributed by atoms with Crippen LogP contribution in [0.3, 0.4) is 0 Å². The minimum Gasteiger partial charge on any atom is -0.493 e. The van der Waals surface area contributed by atoms with Gasteiger partial charge in [0.25, 0.3) is 0 Å². The van der Waals surface area contributed by atoms with Gasteiger partial charge in [0.1, 0.15) is 5.75 Å². The van der Waals surface area contributed by atoms with Crippen molar-refractivity contribution in [1.82, 2.24) is 0 Å². The van der Waals surface area contributed by atoms with E-state index in [4.69, 9.17) is 9.47 Å². The maximum atomic E-state index is 11.3. The summed E-state index contributed by atoms with van der Waals surface area (Å²) in [6.45, 7) is 2.95. The van der Waals surface area contributed by atoms with Crippen molar-refractivity contribution in [1.29, 1.82) is 0 Å². The fraction of sp³-hybridized carbons (Fsp3) is 0.417. The Hall–Kier alpha value is -1.51. The van der Waals surface area contributed by atoms with Gasteiger partial charge in [-0.2, -0.15) is 0 Å². The van der Waals surface area contributed by atoms with Gasteiger partial charge in [-0.1, -0.05) is 18.2 Å². The Morgan fingerprint density at radius 1 is 1.53 bits per heavy atom. The standard InChI is InChI=1S/C12H14O3/c1-2-14-11(13)8-10-5-3-4-9-6-7-15-12(9)10/h3-5H,2,6-8H2,1H3. The summed E-state index contributed by atoms with van der Waals surface area (Å²) in [5.74, 6) is 0.687. The average Bonchev–Trinajstić information content (AvgIpc) is 2.67. The number of hydrogen-bond donors (Lipinski definition) is 0. The van der Waals surface area contributed by atoms with Crippen molar-refractivity contribution in [3.63, 3.8) is 0 Å². The second-order valence-corrected chi connectivity index (χ2v) is 3.49. The van der Waals surface area contributed by atoms with E-state index in [1.165, 1.54) is 5.56 Å². The summed E-state index contributed by atoms with van der Waals surface area (Å²) in [5, 5.41) is 0. The van der Waals surface area contributed by atoms with Crippen molar-refractivity contribution in [2.45, 2.75) is 19.8 Å². The third-order valence-corrected chi connectivity index (χ3v) is 2.44. The van der Waals surface area contributed by atoms with E-state index >= 15 is 0 Å². The third kappa shape index (κ3) is 2.12. The molecule has 0 radical (unpaired) electrons.